The van der Waals surface area contributed by atoms with Crippen molar-refractivity contribution in [3.8, 4) is 5.75 Å². The summed E-state index contributed by atoms with van der Waals surface area (Å²) in [5, 5.41) is 7.59. The first-order valence-electron chi connectivity index (χ1n) is 11.4. The van der Waals surface area contributed by atoms with Gasteiger partial charge in [-0.3, -0.25) is 14.4 Å². The number of nitrogens with zero attached hydrogens (tertiary/aromatic N) is 2. The van der Waals surface area contributed by atoms with Gasteiger partial charge in [0, 0.05) is 30.0 Å². The Morgan fingerprint density at radius 3 is 2.43 bits per heavy atom. The number of anilines is 1. The van der Waals surface area contributed by atoms with E-state index in [4.69, 9.17) is 10.5 Å². The average molecular weight is 513 g/mol. The number of hydrogen-bond acceptors (Lipinski definition) is 7. The van der Waals surface area contributed by atoms with Crippen LogP contribution in [0.4, 0.5) is 5.00 Å². The fourth-order valence-electron chi connectivity index (χ4n) is 4.05. The molecule has 1 saturated heterocycles. The highest BCUT2D eigenvalue weighted by atomic mass is 32.1. The number of hydrogen-bond donors (Lipinski definition) is 2. The number of aromatic nitrogens is 1. The number of piperidine rings is 1. The SMILES string of the molecule is Cc1csc(NC(=O)c2csc(C3CCN(C(=O)c4ccc(OC(C)C)cc4)CC3)n2)c1C(N)=O. The molecule has 0 atom stereocenters. The molecule has 1 aromatic carbocycles. The number of aryl methyl sites for hydroxylation is 1. The van der Waals surface area contributed by atoms with Gasteiger partial charge in [0.1, 0.15) is 16.4 Å². The summed E-state index contributed by atoms with van der Waals surface area (Å²) in [5.74, 6) is 0.0141. The highest BCUT2D eigenvalue weighted by molar-refractivity contribution is 7.15. The van der Waals surface area contributed by atoms with Crippen LogP contribution in [0.2, 0.25) is 0 Å². The maximum Gasteiger partial charge on any atom is 0.275 e. The van der Waals surface area contributed by atoms with Gasteiger partial charge in [0.15, 0.2) is 0 Å². The number of benzene rings is 1. The fraction of sp³-hybridized carbons (Fsp3) is 0.360. The van der Waals surface area contributed by atoms with E-state index in [9.17, 15) is 14.4 Å². The Morgan fingerprint density at radius 2 is 1.80 bits per heavy atom. The van der Waals surface area contributed by atoms with Gasteiger partial charge in [-0.25, -0.2) is 4.98 Å². The van der Waals surface area contributed by atoms with Crippen LogP contribution < -0.4 is 15.8 Å². The number of thiophene rings is 1. The predicted molar refractivity (Wildman–Crippen MR) is 138 cm³/mol. The summed E-state index contributed by atoms with van der Waals surface area (Å²) in [5.41, 5.74) is 7.46. The fourth-order valence-corrected chi connectivity index (χ4v) is 5.96. The molecule has 35 heavy (non-hydrogen) atoms. The van der Waals surface area contributed by atoms with Crippen molar-refractivity contribution in [3.63, 3.8) is 0 Å². The quantitative estimate of drug-likeness (QED) is 0.477. The highest BCUT2D eigenvalue weighted by Gasteiger charge is 2.27. The van der Waals surface area contributed by atoms with Crippen LogP contribution in [0.5, 0.6) is 5.75 Å². The molecule has 0 aliphatic carbocycles. The molecule has 1 aliphatic heterocycles. The molecular weight excluding hydrogens is 484 g/mol. The van der Waals surface area contributed by atoms with Crippen LogP contribution in [0.3, 0.4) is 0 Å². The molecule has 3 amide bonds. The molecule has 0 saturated carbocycles. The highest BCUT2D eigenvalue weighted by Crippen LogP contribution is 2.32. The van der Waals surface area contributed by atoms with Crippen molar-refractivity contribution in [1.82, 2.24) is 9.88 Å². The minimum Gasteiger partial charge on any atom is -0.491 e. The lowest BCUT2D eigenvalue weighted by Crippen LogP contribution is -2.37. The Morgan fingerprint density at radius 1 is 1.11 bits per heavy atom. The Hall–Kier alpha value is -3.24. The van der Waals surface area contributed by atoms with Crippen LogP contribution >= 0.6 is 22.7 Å². The predicted octanol–water partition coefficient (Wildman–Crippen LogP) is 4.67. The van der Waals surface area contributed by atoms with E-state index in [0.29, 0.717) is 34.9 Å². The molecule has 0 radical (unpaired) electrons. The van der Waals surface area contributed by atoms with Crippen molar-refractivity contribution in [2.24, 2.45) is 5.73 Å². The maximum atomic E-state index is 12.9. The van der Waals surface area contributed by atoms with E-state index in [2.05, 4.69) is 10.3 Å². The van der Waals surface area contributed by atoms with Crippen molar-refractivity contribution in [2.45, 2.75) is 45.6 Å². The Bertz CT molecular complexity index is 1220. The molecule has 8 nitrogen and oxygen atoms in total. The standard InChI is InChI=1S/C25H28N4O4S2/c1-14(2)33-18-6-4-17(5-7-18)25(32)29-10-8-16(9-11-29)23-27-19(13-35-23)22(31)28-24-20(21(26)30)15(3)12-34-24/h4-7,12-14,16H,8-11H2,1-3H3,(H2,26,30)(H,28,31). The minimum absolute atomic E-state index is 0.00949. The zero-order valence-corrected chi connectivity index (χ0v) is 21.5. The summed E-state index contributed by atoms with van der Waals surface area (Å²) < 4.78 is 5.65. The lowest BCUT2D eigenvalue weighted by Gasteiger charge is -2.31. The van der Waals surface area contributed by atoms with Gasteiger partial charge in [0.2, 0.25) is 0 Å². The second-order valence-corrected chi connectivity index (χ2v) is 10.5. The number of carbonyl (C=O) groups excluding carboxylic acids is 3. The number of ether oxygens (including phenoxy) is 1. The summed E-state index contributed by atoms with van der Waals surface area (Å²) in [4.78, 5) is 43.7. The van der Waals surface area contributed by atoms with Gasteiger partial charge < -0.3 is 20.7 Å². The van der Waals surface area contributed by atoms with Gasteiger partial charge >= 0.3 is 0 Å². The van der Waals surface area contributed by atoms with Gasteiger partial charge in [-0.15, -0.1) is 22.7 Å². The van der Waals surface area contributed by atoms with Crippen molar-refractivity contribution in [2.75, 3.05) is 18.4 Å². The van der Waals surface area contributed by atoms with E-state index in [1.54, 1.807) is 29.8 Å². The van der Waals surface area contributed by atoms with Crippen molar-refractivity contribution in [1.29, 1.82) is 0 Å². The molecule has 3 aromatic rings. The summed E-state index contributed by atoms with van der Waals surface area (Å²) in [6.45, 7) is 6.97. The third kappa shape index (κ3) is 5.71. The van der Waals surface area contributed by atoms with Crippen LogP contribution in [0.1, 0.15) is 74.4 Å². The Kier molecular flexibility index (Phi) is 7.51. The number of amides is 3. The summed E-state index contributed by atoms with van der Waals surface area (Å²) in [7, 11) is 0. The van der Waals surface area contributed by atoms with Crippen LogP contribution in [-0.2, 0) is 0 Å². The van der Waals surface area contributed by atoms with Crippen molar-refractivity contribution >= 4 is 45.4 Å². The molecule has 10 heteroatoms. The number of likely N-dealkylation sites (tertiary alicyclic amines) is 1. The lowest BCUT2D eigenvalue weighted by molar-refractivity contribution is 0.0712. The first kappa shape index (κ1) is 24.9. The third-order valence-electron chi connectivity index (χ3n) is 5.81. The van der Waals surface area contributed by atoms with Gasteiger partial charge in [-0.05, 0) is 68.8 Å². The monoisotopic (exact) mass is 512 g/mol. The van der Waals surface area contributed by atoms with Crippen LogP contribution in [-0.4, -0.2) is 46.8 Å². The van der Waals surface area contributed by atoms with Gasteiger partial charge in [0.25, 0.3) is 17.7 Å². The lowest BCUT2D eigenvalue weighted by atomic mass is 9.97. The Balaban J connectivity index is 1.34. The molecule has 2 aromatic heterocycles. The first-order valence-corrected chi connectivity index (χ1v) is 13.2. The normalized spacial score (nSPS) is 14.2. The minimum atomic E-state index is -0.570. The number of carbonyl (C=O) groups is 3. The maximum absolute atomic E-state index is 12.9. The average Bonchev–Trinajstić information content (AvgIpc) is 3.46. The van der Waals surface area contributed by atoms with Gasteiger partial charge in [-0.1, -0.05) is 0 Å². The molecule has 1 aliphatic rings. The second kappa shape index (κ2) is 10.6. The first-order chi connectivity index (χ1) is 16.7. The Labute approximate surface area is 212 Å². The molecule has 0 unspecified atom stereocenters. The van der Waals surface area contributed by atoms with E-state index in [-0.39, 0.29) is 23.8 Å². The molecule has 1 fully saturated rings. The molecule has 0 spiro atoms. The van der Waals surface area contributed by atoms with E-state index < -0.39 is 5.91 Å². The number of nitrogens with one attached hydrogen (secondary N) is 1. The zero-order valence-electron chi connectivity index (χ0n) is 19.9. The number of rotatable bonds is 7. The van der Waals surface area contributed by atoms with Crippen LogP contribution in [0.25, 0.3) is 0 Å². The molecule has 184 valence electrons. The summed E-state index contributed by atoms with van der Waals surface area (Å²) in [6, 6.07) is 7.26. The van der Waals surface area contributed by atoms with E-state index >= 15 is 0 Å². The molecule has 3 N–H and O–H groups in total. The summed E-state index contributed by atoms with van der Waals surface area (Å²) >= 11 is 2.71. The van der Waals surface area contributed by atoms with Crippen molar-refractivity contribution < 1.29 is 19.1 Å². The largest absolute Gasteiger partial charge is 0.491 e. The zero-order chi connectivity index (χ0) is 25.1. The van der Waals surface area contributed by atoms with Gasteiger partial charge in [-0.2, -0.15) is 0 Å². The number of primary amides is 1. The third-order valence-corrected chi connectivity index (χ3v) is 7.83. The molecule has 4 rings (SSSR count). The smallest absolute Gasteiger partial charge is 0.275 e. The van der Waals surface area contributed by atoms with E-state index in [0.717, 1.165) is 29.2 Å². The molecular formula is C25H28N4O4S2. The van der Waals surface area contributed by atoms with Gasteiger partial charge in [0.05, 0.1) is 16.7 Å². The number of nitrogens with two attached hydrogens (primary N) is 1. The molecule has 3 heterocycles. The van der Waals surface area contributed by atoms with E-state index in [1.165, 1.54) is 22.7 Å². The van der Waals surface area contributed by atoms with Crippen molar-refractivity contribution in [3.05, 3.63) is 62.4 Å². The van der Waals surface area contributed by atoms with Crippen LogP contribution in [0.15, 0.2) is 35.0 Å². The second-order valence-electron chi connectivity index (χ2n) is 8.77. The van der Waals surface area contributed by atoms with Crippen LogP contribution in [0, 0.1) is 6.92 Å². The van der Waals surface area contributed by atoms with E-state index in [1.807, 2.05) is 30.9 Å². The molecule has 0 bridgehead atoms. The summed E-state index contributed by atoms with van der Waals surface area (Å²) in [6.07, 6.45) is 1.65. The number of thiazole rings is 1. The topological polar surface area (TPSA) is 115 Å².